The summed E-state index contributed by atoms with van der Waals surface area (Å²) in [6.07, 6.45) is 4.92. The predicted molar refractivity (Wildman–Crippen MR) is 106 cm³/mol. The number of aliphatic hydroxyl groups is 1. The molecule has 1 aliphatic rings. The molecular weight excluding hydrogens is 350 g/mol. The second-order valence-electron chi connectivity index (χ2n) is 6.91. The highest BCUT2D eigenvalue weighted by Gasteiger charge is 2.29. The van der Waals surface area contributed by atoms with Crippen molar-refractivity contribution in [1.82, 2.24) is 0 Å². The third-order valence-electron chi connectivity index (χ3n) is 5.11. The number of aliphatic hydroxyl groups excluding tert-OH is 1. The number of rotatable bonds is 6. The van der Waals surface area contributed by atoms with Crippen molar-refractivity contribution in [2.75, 3.05) is 0 Å². The fourth-order valence-electron chi connectivity index (χ4n) is 3.59. The molecule has 4 N–H and O–H groups in total. The summed E-state index contributed by atoms with van der Waals surface area (Å²) < 4.78 is 5.72. The number of hydrogen-bond donors (Lipinski definition) is 3. The van der Waals surface area contributed by atoms with Crippen LogP contribution in [0.4, 0.5) is 0 Å². The van der Waals surface area contributed by atoms with Crippen LogP contribution >= 0.6 is 12.4 Å². The zero-order valence-electron chi connectivity index (χ0n) is 14.9. The Balaban J connectivity index is 0.00000243. The summed E-state index contributed by atoms with van der Waals surface area (Å²) in [7, 11) is 0. The predicted octanol–water partition coefficient (Wildman–Crippen LogP) is 4.33. The molecule has 1 saturated carbocycles. The van der Waals surface area contributed by atoms with Crippen LogP contribution in [0.2, 0.25) is 0 Å². The molecule has 26 heavy (non-hydrogen) atoms. The van der Waals surface area contributed by atoms with Gasteiger partial charge in [0.15, 0.2) is 0 Å². The molecule has 0 heterocycles. The molecule has 4 nitrogen and oxygen atoms in total. The number of ether oxygens (including phenoxy) is 1. The highest BCUT2D eigenvalue weighted by atomic mass is 35.5. The van der Waals surface area contributed by atoms with Gasteiger partial charge in [0.25, 0.3) is 0 Å². The molecule has 2 aromatic carbocycles. The molecule has 0 aromatic heterocycles. The number of aromatic hydroxyl groups is 1. The lowest BCUT2D eigenvalue weighted by molar-refractivity contribution is 0.0610. The van der Waals surface area contributed by atoms with Gasteiger partial charge >= 0.3 is 0 Å². The van der Waals surface area contributed by atoms with Gasteiger partial charge in [0.2, 0.25) is 0 Å². The third kappa shape index (κ3) is 5.13. The molecule has 142 valence electrons. The van der Waals surface area contributed by atoms with E-state index in [4.69, 9.17) is 10.5 Å². The van der Waals surface area contributed by atoms with E-state index in [2.05, 4.69) is 0 Å². The van der Waals surface area contributed by atoms with Crippen LogP contribution in [-0.2, 0) is 6.61 Å². The van der Waals surface area contributed by atoms with Crippen molar-refractivity contribution < 1.29 is 14.9 Å². The second-order valence-corrected chi connectivity index (χ2v) is 6.91. The average Bonchev–Trinajstić information content (AvgIpc) is 2.67. The number of halogens is 1. The molecule has 0 saturated heterocycles. The van der Waals surface area contributed by atoms with Crippen LogP contribution in [0.15, 0.2) is 48.5 Å². The third-order valence-corrected chi connectivity index (χ3v) is 5.11. The lowest BCUT2D eigenvalue weighted by atomic mass is 9.81. The largest absolute Gasteiger partial charge is 0.507 e. The molecule has 1 aliphatic carbocycles. The maximum atomic E-state index is 10.6. The van der Waals surface area contributed by atoms with Gasteiger partial charge in [-0.15, -0.1) is 12.4 Å². The topological polar surface area (TPSA) is 75.7 Å². The lowest BCUT2D eigenvalue weighted by Crippen LogP contribution is -2.34. The first-order chi connectivity index (χ1) is 12.1. The highest BCUT2D eigenvalue weighted by molar-refractivity contribution is 5.85. The second kappa shape index (κ2) is 9.81. The first kappa shape index (κ1) is 20.6. The zero-order valence-corrected chi connectivity index (χ0v) is 15.7. The minimum absolute atomic E-state index is 0. The number of benzene rings is 2. The zero-order chi connectivity index (χ0) is 17.6. The number of nitrogens with two attached hydrogens (primary N) is 1. The van der Waals surface area contributed by atoms with Gasteiger partial charge in [-0.25, -0.2) is 0 Å². The summed E-state index contributed by atoms with van der Waals surface area (Å²) in [4.78, 5) is 0. The van der Waals surface area contributed by atoms with Gasteiger partial charge in [-0.3, -0.25) is 0 Å². The summed E-state index contributed by atoms with van der Waals surface area (Å²) in [5, 5.41) is 20.9. The van der Waals surface area contributed by atoms with E-state index in [0.29, 0.717) is 17.9 Å². The Kier molecular flexibility index (Phi) is 7.76. The maximum absolute atomic E-state index is 10.6. The fourth-order valence-corrected chi connectivity index (χ4v) is 3.59. The lowest BCUT2D eigenvalue weighted by Gasteiger charge is -2.30. The van der Waals surface area contributed by atoms with Gasteiger partial charge in [0.05, 0.1) is 12.1 Å². The molecule has 3 rings (SSSR count). The van der Waals surface area contributed by atoms with E-state index in [1.807, 2.05) is 30.3 Å². The van der Waals surface area contributed by atoms with Crippen molar-refractivity contribution in [3.05, 3.63) is 59.7 Å². The van der Waals surface area contributed by atoms with Crippen molar-refractivity contribution in [1.29, 1.82) is 0 Å². The Morgan fingerprint density at radius 1 is 1.04 bits per heavy atom. The van der Waals surface area contributed by atoms with E-state index in [1.165, 1.54) is 6.42 Å². The fraction of sp³-hybridized carbons (Fsp3) is 0.429. The molecule has 2 aromatic rings. The van der Waals surface area contributed by atoms with Gasteiger partial charge in [-0.2, -0.15) is 0 Å². The summed E-state index contributed by atoms with van der Waals surface area (Å²) >= 11 is 0. The van der Waals surface area contributed by atoms with Crippen LogP contribution in [0.5, 0.6) is 11.5 Å². The SMILES string of the molecule is Cl.N[C@@H](c1ccc(OCc2ccccc2)cc1O)[C@H](O)C1CCCCC1. The highest BCUT2D eigenvalue weighted by Crippen LogP contribution is 2.35. The van der Waals surface area contributed by atoms with Crippen LogP contribution in [0.3, 0.4) is 0 Å². The van der Waals surface area contributed by atoms with Crippen molar-refractivity contribution in [2.24, 2.45) is 11.7 Å². The van der Waals surface area contributed by atoms with Gasteiger partial charge < -0.3 is 20.7 Å². The molecular formula is C21H28ClNO3. The van der Waals surface area contributed by atoms with Crippen LogP contribution < -0.4 is 10.5 Å². The van der Waals surface area contributed by atoms with Crippen molar-refractivity contribution in [3.8, 4) is 11.5 Å². The minimum Gasteiger partial charge on any atom is -0.507 e. The van der Waals surface area contributed by atoms with Crippen molar-refractivity contribution in [2.45, 2.75) is 50.9 Å². The Labute approximate surface area is 161 Å². The van der Waals surface area contributed by atoms with Gasteiger partial charge in [0, 0.05) is 11.6 Å². The van der Waals surface area contributed by atoms with E-state index in [0.717, 1.165) is 31.2 Å². The molecule has 2 atom stereocenters. The van der Waals surface area contributed by atoms with Crippen LogP contribution in [0.25, 0.3) is 0 Å². The summed E-state index contributed by atoms with van der Waals surface area (Å²) in [6.45, 7) is 0.441. The smallest absolute Gasteiger partial charge is 0.124 e. The maximum Gasteiger partial charge on any atom is 0.124 e. The molecule has 0 aliphatic heterocycles. The number of hydrogen-bond acceptors (Lipinski definition) is 4. The Bertz CT molecular complexity index is 674. The summed E-state index contributed by atoms with van der Waals surface area (Å²) in [5.74, 6) is 0.884. The van der Waals surface area contributed by atoms with Gasteiger partial charge in [-0.1, -0.05) is 49.6 Å². The van der Waals surface area contributed by atoms with Crippen LogP contribution in [0.1, 0.15) is 49.3 Å². The molecule has 5 heteroatoms. The number of phenolic OH excluding ortho intramolecular Hbond substituents is 1. The summed E-state index contributed by atoms with van der Waals surface area (Å²) in [6, 6.07) is 14.4. The van der Waals surface area contributed by atoms with E-state index in [-0.39, 0.29) is 24.1 Å². The van der Waals surface area contributed by atoms with E-state index in [1.54, 1.807) is 18.2 Å². The normalized spacial score (nSPS) is 17.2. The first-order valence-electron chi connectivity index (χ1n) is 9.08. The van der Waals surface area contributed by atoms with Gasteiger partial charge in [0.1, 0.15) is 18.1 Å². The molecule has 0 bridgehead atoms. The standard InChI is InChI=1S/C21H27NO3.ClH/c22-20(21(24)16-9-5-2-6-10-16)18-12-11-17(13-19(18)23)25-14-15-7-3-1-4-8-15;/h1,3-4,7-8,11-13,16,20-21,23-24H,2,5-6,9-10,14,22H2;1H/t20-,21+;/m0./s1. The molecule has 0 unspecified atom stereocenters. The average molecular weight is 378 g/mol. The molecule has 0 amide bonds. The van der Waals surface area contributed by atoms with Crippen LogP contribution in [0, 0.1) is 5.92 Å². The van der Waals surface area contributed by atoms with Crippen LogP contribution in [-0.4, -0.2) is 16.3 Å². The minimum atomic E-state index is -0.623. The first-order valence-corrected chi connectivity index (χ1v) is 9.08. The quantitative estimate of drug-likeness (QED) is 0.700. The monoisotopic (exact) mass is 377 g/mol. The molecule has 0 radical (unpaired) electrons. The Morgan fingerprint density at radius 3 is 2.38 bits per heavy atom. The molecule has 1 fully saturated rings. The Morgan fingerprint density at radius 2 is 1.73 bits per heavy atom. The Hall–Kier alpha value is -1.75. The van der Waals surface area contributed by atoms with E-state index in [9.17, 15) is 10.2 Å². The molecule has 0 spiro atoms. The number of phenols is 1. The van der Waals surface area contributed by atoms with Gasteiger partial charge in [-0.05, 0) is 36.5 Å². The van der Waals surface area contributed by atoms with Crippen molar-refractivity contribution in [3.63, 3.8) is 0 Å². The van der Waals surface area contributed by atoms with E-state index >= 15 is 0 Å². The summed E-state index contributed by atoms with van der Waals surface area (Å²) in [5.41, 5.74) is 7.87. The van der Waals surface area contributed by atoms with E-state index < -0.39 is 12.1 Å². The van der Waals surface area contributed by atoms with Crippen molar-refractivity contribution >= 4 is 12.4 Å².